The number of carbonyl (C=O) groups is 1. The van der Waals surface area contributed by atoms with Gasteiger partial charge in [-0.05, 0) is 42.4 Å². The van der Waals surface area contributed by atoms with Gasteiger partial charge in [-0.3, -0.25) is 9.69 Å². The quantitative estimate of drug-likeness (QED) is 0.724. The molecule has 2 aromatic rings. The van der Waals surface area contributed by atoms with E-state index in [4.69, 9.17) is 4.74 Å². The fourth-order valence-corrected chi connectivity index (χ4v) is 2.48. The molecule has 0 aromatic heterocycles. The third-order valence-corrected chi connectivity index (χ3v) is 3.71. The van der Waals surface area contributed by atoms with E-state index in [0.29, 0.717) is 13.1 Å². The molecule has 1 N–H and O–H groups in total. The molecule has 0 radical (unpaired) electrons. The number of ether oxygens (including phenoxy) is 2. The molecule has 0 aliphatic carbocycles. The van der Waals surface area contributed by atoms with E-state index in [1.54, 1.807) is 36.2 Å². The molecule has 27 heavy (non-hydrogen) atoms. The molecule has 8 heteroatoms. The van der Waals surface area contributed by atoms with Crippen LogP contribution in [0.2, 0.25) is 0 Å². The zero-order valence-corrected chi connectivity index (χ0v) is 15.0. The molecule has 2 aromatic carbocycles. The van der Waals surface area contributed by atoms with E-state index in [0.717, 1.165) is 11.1 Å². The second-order valence-corrected chi connectivity index (χ2v) is 5.94. The van der Waals surface area contributed by atoms with Crippen LogP contribution in [0.1, 0.15) is 11.1 Å². The maximum Gasteiger partial charge on any atom is 0.387 e. The second kappa shape index (κ2) is 9.82. The predicted molar refractivity (Wildman–Crippen MR) is 94.2 cm³/mol. The lowest BCUT2D eigenvalue weighted by atomic mass is 10.2. The maximum absolute atomic E-state index is 12.9. The minimum absolute atomic E-state index is 0.0454. The highest BCUT2D eigenvalue weighted by atomic mass is 19.3. The van der Waals surface area contributed by atoms with Crippen LogP contribution < -0.4 is 14.8 Å². The van der Waals surface area contributed by atoms with Gasteiger partial charge in [-0.15, -0.1) is 0 Å². The van der Waals surface area contributed by atoms with Gasteiger partial charge in [0.1, 0.15) is 5.82 Å². The lowest BCUT2D eigenvalue weighted by Gasteiger charge is -2.18. The van der Waals surface area contributed by atoms with Gasteiger partial charge >= 0.3 is 6.61 Å². The second-order valence-electron chi connectivity index (χ2n) is 5.94. The minimum atomic E-state index is -2.93. The molecule has 0 unspecified atom stereocenters. The number of amides is 1. The summed E-state index contributed by atoms with van der Waals surface area (Å²) in [6, 6.07) is 10.5. The predicted octanol–water partition coefficient (Wildman–Crippen LogP) is 3.18. The van der Waals surface area contributed by atoms with E-state index in [-0.39, 0.29) is 29.8 Å². The Balaban J connectivity index is 1.86. The summed E-state index contributed by atoms with van der Waals surface area (Å²) in [5.74, 6) is -0.366. The Morgan fingerprint density at radius 1 is 1.11 bits per heavy atom. The molecule has 1 amide bonds. The molecule has 0 atom stereocenters. The van der Waals surface area contributed by atoms with Crippen LogP contribution in [0, 0.1) is 5.82 Å². The SMILES string of the molecule is COc1cc(CN(C)CC(=O)NCc2ccc(F)cc2)ccc1OC(F)F. The number of likely N-dealkylation sites (N-methyl/N-ethyl adjacent to an activating group) is 1. The highest BCUT2D eigenvalue weighted by Crippen LogP contribution is 2.29. The Morgan fingerprint density at radius 2 is 1.78 bits per heavy atom. The molecular weight excluding hydrogens is 361 g/mol. The average Bonchev–Trinajstić information content (AvgIpc) is 2.62. The third kappa shape index (κ3) is 6.82. The number of benzene rings is 2. The molecule has 0 spiro atoms. The number of halogens is 3. The third-order valence-electron chi connectivity index (χ3n) is 3.71. The summed E-state index contributed by atoms with van der Waals surface area (Å²) in [5, 5.41) is 2.76. The number of hydrogen-bond acceptors (Lipinski definition) is 4. The molecule has 0 saturated carbocycles. The fraction of sp³-hybridized carbons (Fsp3) is 0.316. The van der Waals surface area contributed by atoms with Crippen molar-refractivity contribution in [1.29, 1.82) is 0 Å². The number of hydrogen-bond donors (Lipinski definition) is 1. The molecule has 0 fully saturated rings. The van der Waals surface area contributed by atoms with Crippen LogP contribution >= 0.6 is 0 Å². The standard InChI is InChI=1S/C19H21F3N2O3/c1-24(12-18(25)23-10-13-3-6-15(20)7-4-13)11-14-5-8-16(27-19(21)22)17(9-14)26-2/h3-9,19H,10-12H2,1-2H3,(H,23,25). The highest BCUT2D eigenvalue weighted by Gasteiger charge is 2.13. The molecule has 0 aliphatic heterocycles. The fourth-order valence-electron chi connectivity index (χ4n) is 2.48. The first-order valence-corrected chi connectivity index (χ1v) is 8.19. The molecule has 146 valence electrons. The highest BCUT2D eigenvalue weighted by molar-refractivity contribution is 5.77. The van der Waals surface area contributed by atoms with Gasteiger partial charge in [-0.2, -0.15) is 8.78 Å². The Hall–Kier alpha value is -2.74. The van der Waals surface area contributed by atoms with Gasteiger partial charge in [0.25, 0.3) is 0 Å². The molecule has 0 bridgehead atoms. The summed E-state index contributed by atoms with van der Waals surface area (Å²) < 4.78 is 47.0. The number of carbonyl (C=O) groups excluding carboxylic acids is 1. The van der Waals surface area contributed by atoms with Crippen LogP contribution in [0.3, 0.4) is 0 Å². The summed E-state index contributed by atoms with van der Waals surface area (Å²) in [4.78, 5) is 13.8. The van der Waals surface area contributed by atoms with Crippen LogP contribution in [0.15, 0.2) is 42.5 Å². The van der Waals surface area contributed by atoms with Crippen LogP contribution in [0.4, 0.5) is 13.2 Å². The number of rotatable bonds is 9. The Labute approximate surface area is 155 Å². The molecule has 2 rings (SSSR count). The summed E-state index contributed by atoms with van der Waals surface area (Å²) >= 11 is 0. The Kier molecular flexibility index (Phi) is 7.48. The van der Waals surface area contributed by atoms with Crippen molar-refractivity contribution >= 4 is 5.91 Å². The Bertz CT molecular complexity index is 754. The first-order valence-electron chi connectivity index (χ1n) is 8.19. The lowest BCUT2D eigenvalue weighted by molar-refractivity contribution is -0.122. The number of alkyl halides is 2. The van der Waals surface area contributed by atoms with Crippen LogP contribution in [0.25, 0.3) is 0 Å². The molecule has 0 heterocycles. The van der Waals surface area contributed by atoms with Gasteiger partial charge in [-0.25, -0.2) is 4.39 Å². The molecule has 0 aliphatic rings. The summed E-state index contributed by atoms with van der Waals surface area (Å²) in [5.41, 5.74) is 1.58. The van der Waals surface area contributed by atoms with E-state index >= 15 is 0 Å². The van der Waals surface area contributed by atoms with E-state index in [9.17, 15) is 18.0 Å². The average molecular weight is 382 g/mol. The van der Waals surface area contributed by atoms with E-state index in [1.807, 2.05) is 0 Å². The van der Waals surface area contributed by atoms with Gasteiger partial charge in [0.15, 0.2) is 11.5 Å². The van der Waals surface area contributed by atoms with Crippen molar-refractivity contribution in [2.75, 3.05) is 20.7 Å². The van der Waals surface area contributed by atoms with Gasteiger partial charge in [0.2, 0.25) is 5.91 Å². The number of methoxy groups -OCH3 is 1. The van der Waals surface area contributed by atoms with Crippen molar-refractivity contribution in [3.05, 3.63) is 59.4 Å². The van der Waals surface area contributed by atoms with Crippen molar-refractivity contribution in [3.8, 4) is 11.5 Å². The summed E-state index contributed by atoms with van der Waals surface area (Å²) in [6.45, 7) is -2.08. The van der Waals surface area contributed by atoms with Crippen LogP contribution in [0.5, 0.6) is 11.5 Å². The van der Waals surface area contributed by atoms with Crippen molar-refractivity contribution in [2.24, 2.45) is 0 Å². The zero-order chi connectivity index (χ0) is 19.8. The van der Waals surface area contributed by atoms with Gasteiger partial charge in [0, 0.05) is 13.1 Å². The lowest BCUT2D eigenvalue weighted by Crippen LogP contribution is -2.34. The van der Waals surface area contributed by atoms with E-state index < -0.39 is 6.61 Å². The maximum atomic E-state index is 12.9. The largest absolute Gasteiger partial charge is 0.493 e. The Morgan fingerprint density at radius 3 is 2.41 bits per heavy atom. The monoisotopic (exact) mass is 382 g/mol. The minimum Gasteiger partial charge on any atom is -0.493 e. The van der Waals surface area contributed by atoms with Gasteiger partial charge in [0.05, 0.1) is 13.7 Å². The van der Waals surface area contributed by atoms with Gasteiger partial charge < -0.3 is 14.8 Å². The van der Waals surface area contributed by atoms with E-state index in [1.165, 1.54) is 25.3 Å². The van der Waals surface area contributed by atoms with Gasteiger partial charge in [-0.1, -0.05) is 18.2 Å². The molecular formula is C19H21F3N2O3. The van der Waals surface area contributed by atoms with Crippen LogP contribution in [-0.4, -0.2) is 38.1 Å². The topological polar surface area (TPSA) is 50.8 Å². The number of nitrogens with zero attached hydrogens (tertiary/aromatic N) is 1. The van der Waals surface area contributed by atoms with Crippen molar-refractivity contribution in [2.45, 2.75) is 19.7 Å². The zero-order valence-electron chi connectivity index (χ0n) is 15.0. The first kappa shape index (κ1) is 20.6. The first-order chi connectivity index (χ1) is 12.9. The van der Waals surface area contributed by atoms with Crippen LogP contribution in [-0.2, 0) is 17.9 Å². The van der Waals surface area contributed by atoms with Crippen molar-refractivity contribution in [3.63, 3.8) is 0 Å². The smallest absolute Gasteiger partial charge is 0.387 e. The molecule has 5 nitrogen and oxygen atoms in total. The van der Waals surface area contributed by atoms with Crippen molar-refractivity contribution < 1.29 is 27.4 Å². The van der Waals surface area contributed by atoms with E-state index in [2.05, 4.69) is 10.1 Å². The summed E-state index contributed by atoms with van der Waals surface area (Å²) in [6.07, 6.45) is 0. The number of nitrogens with one attached hydrogen (secondary N) is 1. The summed E-state index contributed by atoms with van der Waals surface area (Å²) in [7, 11) is 3.12. The van der Waals surface area contributed by atoms with Crippen molar-refractivity contribution in [1.82, 2.24) is 10.2 Å². The normalized spacial score (nSPS) is 10.9. The molecule has 0 saturated heterocycles.